The van der Waals surface area contributed by atoms with Crippen molar-refractivity contribution in [2.24, 2.45) is 5.73 Å². The second kappa shape index (κ2) is 6.18. The summed E-state index contributed by atoms with van der Waals surface area (Å²) >= 11 is 5.80. The summed E-state index contributed by atoms with van der Waals surface area (Å²) in [5, 5.41) is 3.60. The Balaban J connectivity index is 1.73. The Labute approximate surface area is 112 Å². The van der Waals surface area contributed by atoms with Gasteiger partial charge in [0, 0.05) is 30.7 Å². The highest BCUT2D eigenvalue weighted by Gasteiger charge is 2.20. The van der Waals surface area contributed by atoms with Crippen LogP contribution in [-0.2, 0) is 11.3 Å². The minimum absolute atomic E-state index is 0.0408. The van der Waals surface area contributed by atoms with Crippen LogP contribution in [0, 0.1) is 0 Å². The lowest BCUT2D eigenvalue weighted by atomic mass is 10.2. The molecule has 0 unspecified atom stereocenters. The number of nitrogens with one attached hydrogen (secondary N) is 1. The molecule has 1 amide bonds. The van der Waals surface area contributed by atoms with E-state index in [0.29, 0.717) is 18.1 Å². The molecule has 1 fully saturated rings. The number of hydrogen-bond acceptors (Lipinski definition) is 3. The van der Waals surface area contributed by atoms with Crippen molar-refractivity contribution in [3.8, 4) is 0 Å². The summed E-state index contributed by atoms with van der Waals surface area (Å²) in [4.78, 5) is 13.8. The molecule has 0 radical (unpaired) electrons. The smallest absolute Gasteiger partial charge is 0.234 e. The Kier molecular flexibility index (Phi) is 4.58. The van der Waals surface area contributed by atoms with Crippen molar-refractivity contribution in [2.75, 3.05) is 19.6 Å². The molecule has 1 aromatic carbocycles. The fourth-order valence-electron chi connectivity index (χ4n) is 2.07. The predicted molar refractivity (Wildman–Crippen MR) is 72.3 cm³/mol. The van der Waals surface area contributed by atoms with Crippen LogP contribution in [0.15, 0.2) is 24.3 Å². The quantitative estimate of drug-likeness (QED) is 0.855. The minimum Gasteiger partial charge on any atom is -0.351 e. The zero-order chi connectivity index (χ0) is 13.0. The summed E-state index contributed by atoms with van der Waals surface area (Å²) in [6.07, 6.45) is 0.977. The van der Waals surface area contributed by atoms with Gasteiger partial charge < -0.3 is 11.1 Å². The Hall–Kier alpha value is -1.10. The molecule has 0 bridgehead atoms. The van der Waals surface area contributed by atoms with Crippen LogP contribution in [0.25, 0.3) is 0 Å². The van der Waals surface area contributed by atoms with Crippen molar-refractivity contribution in [3.63, 3.8) is 0 Å². The van der Waals surface area contributed by atoms with Crippen molar-refractivity contribution in [2.45, 2.75) is 19.0 Å². The number of amides is 1. The lowest BCUT2D eigenvalue weighted by Crippen LogP contribution is -2.37. The highest BCUT2D eigenvalue weighted by atomic mass is 35.5. The van der Waals surface area contributed by atoms with Gasteiger partial charge in [-0.05, 0) is 24.1 Å². The number of nitrogens with two attached hydrogens (primary N) is 1. The molecular formula is C13H18ClN3O. The van der Waals surface area contributed by atoms with E-state index in [0.717, 1.165) is 25.1 Å². The molecule has 0 aliphatic carbocycles. The average molecular weight is 268 g/mol. The second-order valence-electron chi connectivity index (χ2n) is 4.69. The largest absolute Gasteiger partial charge is 0.351 e. The predicted octanol–water partition coefficient (Wildman–Crippen LogP) is 0.989. The van der Waals surface area contributed by atoms with Crippen LogP contribution in [-0.4, -0.2) is 36.5 Å². The van der Waals surface area contributed by atoms with E-state index in [9.17, 15) is 4.79 Å². The van der Waals surface area contributed by atoms with Crippen molar-refractivity contribution in [3.05, 3.63) is 34.9 Å². The lowest BCUT2D eigenvalue weighted by Gasteiger charge is -2.14. The molecule has 4 nitrogen and oxygen atoms in total. The van der Waals surface area contributed by atoms with Gasteiger partial charge in [-0.1, -0.05) is 23.7 Å². The maximum Gasteiger partial charge on any atom is 0.234 e. The minimum atomic E-state index is 0.0408. The molecule has 5 heteroatoms. The zero-order valence-corrected chi connectivity index (χ0v) is 11.0. The van der Waals surface area contributed by atoms with Crippen molar-refractivity contribution in [1.29, 1.82) is 0 Å². The van der Waals surface area contributed by atoms with E-state index in [1.54, 1.807) is 0 Å². The zero-order valence-electron chi connectivity index (χ0n) is 10.2. The van der Waals surface area contributed by atoms with Gasteiger partial charge in [0.05, 0.1) is 6.54 Å². The van der Waals surface area contributed by atoms with Crippen LogP contribution in [0.2, 0.25) is 5.02 Å². The lowest BCUT2D eigenvalue weighted by molar-refractivity contribution is -0.122. The van der Waals surface area contributed by atoms with Crippen LogP contribution >= 0.6 is 11.6 Å². The number of likely N-dealkylation sites (tertiary alicyclic amines) is 1. The monoisotopic (exact) mass is 267 g/mol. The number of benzene rings is 1. The SMILES string of the molecule is N[C@H]1CCN(CC(=O)NCc2ccc(Cl)cc2)C1. The summed E-state index contributed by atoms with van der Waals surface area (Å²) in [5.41, 5.74) is 6.84. The second-order valence-corrected chi connectivity index (χ2v) is 5.12. The van der Waals surface area contributed by atoms with Gasteiger partial charge in [-0.25, -0.2) is 0 Å². The summed E-state index contributed by atoms with van der Waals surface area (Å²) in [7, 11) is 0. The van der Waals surface area contributed by atoms with Crippen LogP contribution in [0.1, 0.15) is 12.0 Å². The summed E-state index contributed by atoms with van der Waals surface area (Å²) < 4.78 is 0. The van der Waals surface area contributed by atoms with Gasteiger partial charge in [-0.3, -0.25) is 9.69 Å². The van der Waals surface area contributed by atoms with Gasteiger partial charge in [0.2, 0.25) is 5.91 Å². The number of carbonyl (C=O) groups is 1. The van der Waals surface area contributed by atoms with Gasteiger partial charge in [-0.2, -0.15) is 0 Å². The van der Waals surface area contributed by atoms with E-state index in [-0.39, 0.29) is 11.9 Å². The first-order chi connectivity index (χ1) is 8.63. The van der Waals surface area contributed by atoms with Crippen LogP contribution in [0.3, 0.4) is 0 Å². The third-order valence-corrected chi connectivity index (χ3v) is 3.33. The van der Waals surface area contributed by atoms with Crippen molar-refractivity contribution in [1.82, 2.24) is 10.2 Å². The topological polar surface area (TPSA) is 58.4 Å². The molecule has 0 saturated carbocycles. The third kappa shape index (κ3) is 3.98. The Morgan fingerprint density at radius 1 is 1.44 bits per heavy atom. The van der Waals surface area contributed by atoms with E-state index in [4.69, 9.17) is 17.3 Å². The maximum atomic E-state index is 11.7. The standard InChI is InChI=1S/C13H18ClN3O/c14-11-3-1-10(2-4-11)7-16-13(18)9-17-6-5-12(15)8-17/h1-4,12H,5-9,15H2,(H,16,18)/t12-/m0/s1. The van der Waals surface area contributed by atoms with Crippen LogP contribution in [0.5, 0.6) is 0 Å². The molecule has 1 heterocycles. The number of halogens is 1. The highest BCUT2D eigenvalue weighted by Crippen LogP contribution is 2.09. The molecule has 18 heavy (non-hydrogen) atoms. The fourth-order valence-corrected chi connectivity index (χ4v) is 2.19. The van der Waals surface area contributed by atoms with Crippen molar-refractivity contribution < 1.29 is 4.79 Å². The first-order valence-electron chi connectivity index (χ1n) is 6.12. The first kappa shape index (κ1) is 13.3. The Bertz CT molecular complexity index is 407. The number of nitrogens with zero attached hydrogens (tertiary/aromatic N) is 1. The number of carbonyl (C=O) groups excluding carboxylic acids is 1. The molecular weight excluding hydrogens is 250 g/mol. The fraction of sp³-hybridized carbons (Fsp3) is 0.462. The molecule has 1 saturated heterocycles. The molecule has 1 aromatic rings. The summed E-state index contributed by atoms with van der Waals surface area (Å²) in [5.74, 6) is 0.0408. The normalized spacial score (nSPS) is 20.0. The molecule has 0 spiro atoms. The van der Waals surface area contributed by atoms with Crippen molar-refractivity contribution >= 4 is 17.5 Å². The average Bonchev–Trinajstić information content (AvgIpc) is 2.74. The molecule has 1 aliphatic heterocycles. The van der Waals surface area contributed by atoms with E-state index in [2.05, 4.69) is 10.2 Å². The van der Waals surface area contributed by atoms with E-state index < -0.39 is 0 Å². The maximum absolute atomic E-state index is 11.7. The Morgan fingerprint density at radius 3 is 2.78 bits per heavy atom. The third-order valence-electron chi connectivity index (χ3n) is 3.08. The van der Waals surface area contributed by atoms with Gasteiger partial charge in [0.1, 0.15) is 0 Å². The molecule has 0 aromatic heterocycles. The molecule has 3 N–H and O–H groups in total. The van der Waals surface area contributed by atoms with Gasteiger partial charge in [-0.15, -0.1) is 0 Å². The molecule has 2 rings (SSSR count). The molecule has 1 atom stereocenters. The van der Waals surface area contributed by atoms with Gasteiger partial charge >= 0.3 is 0 Å². The highest BCUT2D eigenvalue weighted by molar-refractivity contribution is 6.30. The van der Waals surface area contributed by atoms with Gasteiger partial charge in [0.15, 0.2) is 0 Å². The van der Waals surface area contributed by atoms with E-state index in [1.807, 2.05) is 24.3 Å². The molecule has 98 valence electrons. The van der Waals surface area contributed by atoms with E-state index >= 15 is 0 Å². The summed E-state index contributed by atoms with van der Waals surface area (Å²) in [6.45, 7) is 2.70. The number of rotatable bonds is 4. The van der Waals surface area contributed by atoms with Gasteiger partial charge in [0.25, 0.3) is 0 Å². The first-order valence-corrected chi connectivity index (χ1v) is 6.50. The Morgan fingerprint density at radius 2 is 2.17 bits per heavy atom. The van der Waals surface area contributed by atoms with Crippen LogP contribution < -0.4 is 11.1 Å². The van der Waals surface area contributed by atoms with Crippen LogP contribution in [0.4, 0.5) is 0 Å². The summed E-state index contributed by atoms with van der Waals surface area (Å²) in [6, 6.07) is 7.68. The molecule has 1 aliphatic rings. The number of hydrogen-bond donors (Lipinski definition) is 2. The van der Waals surface area contributed by atoms with E-state index in [1.165, 1.54) is 0 Å².